The summed E-state index contributed by atoms with van der Waals surface area (Å²) in [7, 11) is 1.75. The lowest BCUT2D eigenvalue weighted by atomic mass is 10.3. The molecule has 2 unspecified atom stereocenters. The Morgan fingerprint density at radius 3 is 2.60 bits per heavy atom. The third-order valence-electron chi connectivity index (χ3n) is 2.49. The van der Waals surface area contributed by atoms with Crippen molar-refractivity contribution in [2.75, 3.05) is 13.6 Å². The molecule has 1 aliphatic rings. The van der Waals surface area contributed by atoms with Crippen LogP contribution in [0.4, 0.5) is 0 Å². The summed E-state index contributed by atoms with van der Waals surface area (Å²) in [4.78, 5) is 1.94. The highest BCUT2D eigenvalue weighted by Gasteiger charge is 2.40. The minimum Gasteiger partial charge on any atom is -0.344 e. The normalized spacial score (nSPS) is 28.0. The molecular formula is C10H18N5+. The first-order valence-corrected chi connectivity index (χ1v) is 4.80. The van der Waals surface area contributed by atoms with Gasteiger partial charge in [-0.3, -0.25) is 0 Å². The molecule has 0 saturated carbocycles. The van der Waals surface area contributed by atoms with Gasteiger partial charge in [0.1, 0.15) is 6.20 Å². The van der Waals surface area contributed by atoms with Crippen LogP contribution in [0.5, 0.6) is 0 Å². The molecule has 1 heterocycles. The van der Waals surface area contributed by atoms with E-state index in [1.165, 1.54) is 0 Å². The highest BCUT2D eigenvalue weighted by molar-refractivity contribution is 5.00. The van der Waals surface area contributed by atoms with Crippen molar-refractivity contribution in [1.82, 2.24) is 11.1 Å². The number of nitriles is 2. The summed E-state index contributed by atoms with van der Waals surface area (Å²) in [5, 5.41) is 18.0. The van der Waals surface area contributed by atoms with Crippen molar-refractivity contribution in [1.29, 1.82) is 10.5 Å². The van der Waals surface area contributed by atoms with E-state index in [0.29, 0.717) is 0 Å². The second-order valence-electron chi connectivity index (χ2n) is 3.64. The fraction of sp³-hybridized carbons (Fsp3) is 0.600. The summed E-state index contributed by atoms with van der Waals surface area (Å²) < 4.78 is 0.0280. The molecule has 0 amide bonds. The minimum absolute atomic E-state index is 0. The number of unbranched alkanes of at least 4 members (excludes halogenated alkanes) is 1. The van der Waals surface area contributed by atoms with Crippen LogP contribution in [-0.4, -0.2) is 29.1 Å². The molecule has 0 aromatic rings. The van der Waals surface area contributed by atoms with Crippen LogP contribution in [0.25, 0.3) is 0 Å². The highest BCUT2D eigenvalue weighted by Crippen LogP contribution is 2.22. The third-order valence-corrected chi connectivity index (χ3v) is 2.49. The molecule has 1 aliphatic heterocycles. The van der Waals surface area contributed by atoms with Crippen molar-refractivity contribution in [2.45, 2.75) is 25.9 Å². The van der Waals surface area contributed by atoms with Crippen LogP contribution >= 0.6 is 0 Å². The fourth-order valence-corrected chi connectivity index (χ4v) is 1.51. The van der Waals surface area contributed by atoms with Crippen LogP contribution in [0.2, 0.25) is 0 Å². The summed E-state index contributed by atoms with van der Waals surface area (Å²) in [6.45, 7) is 2.96. The first-order chi connectivity index (χ1) is 6.68. The van der Waals surface area contributed by atoms with E-state index in [1.807, 2.05) is 11.1 Å². The molecule has 0 spiro atoms. The highest BCUT2D eigenvalue weighted by atomic mass is 15.5. The molecule has 0 saturated heterocycles. The van der Waals surface area contributed by atoms with Gasteiger partial charge in [0.25, 0.3) is 6.17 Å². The number of hydrogen-bond donors (Lipinski definition) is 1. The van der Waals surface area contributed by atoms with Crippen molar-refractivity contribution >= 4 is 0 Å². The van der Waals surface area contributed by atoms with Gasteiger partial charge in [0.05, 0.1) is 13.2 Å². The Bertz CT molecular complexity index is 311. The van der Waals surface area contributed by atoms with Gasteiger partial charge in [-0.2, -0.15) is 9.74 Å². The minimum atomic E-state index is -0.383. The Kier molecular flexibility index (Phi) is 4.80. The summed E-state index contributed by atoms with van der Waals surface area (Å²) in [6.07, 6.45) is 7.52. The SMILES string of the molecule is CCCCN1C=C[N+](C)(C#N)C1C#N.N. The number of quaternary nitrogens is 1. The van der Waals surface area contributed by atoms with E-state index in [2.05, 4.69) is 19.2 Å². The van der Waals surface area contributed by atoms with Crippen LogP contribution < -0.4 is 6.15 Å². The van der Waals surface area contributed by atoms with Crippen LogP contribution in [0.15, 0.2) is 12.4 Å². The van der Waals surface area contributed by atoms with Crippen molar-refractivity contribution in [2.24, 2.45) is 0 Å². The molecule has 0 fully saturated rings. The zero-order valence-corrected chi connectivity index (χ0v) is 9.35. The van der Waals surface area contributed by atoms with E-state index in [9.17, 15) is 0 Å². The van der Waals surface area contributed by atoms with Crippen LogP contribution in [0.1, 0.15) is 19.8 Å². The van der Waals surface area contributed by atoms with Gasteiger partial charge in [0.2, 0.25) is 0 Å². The summed E-state index contributed by atoms with van der Waals surface area (Å²) in [5.41, 5.74) is 0. The Morgan fingerprint density at radius 2 is 2.13 bits per heavy atom. The van der Waals surface area contributed by atoms with Crippen molar-refractivity contribution in [3.63, 3.8) is 0 Å². The summed E-state index contributed by atoms with van der Waals surface area (Å²) in [5.74, 6) is 0. The molecular weight excluding hydrogens is 190 g/mol. The molecule has 0 bridgehead atoms. The van der Waals surface area contributed by atoms with Gasteiger partial charge < -0.3 is 11.1 Å². The molecule has 82 valence electrons. The molecule has 0 aromatic heterocycles. The Morgan fingerprint density at radius 1 is 1.47 bits per heavy atom. The Balaban J connectivity index is 0.00000196. The molecule has 0 aromatic carbocycles. The lowest BCUT2D eigenvalue weighted by molar-refractivity contribution is -0.814. The summed E-state index contributed by atoms with van der Waals surface area (Å²) >= 11 is 0. The Hall–Kier alpha value is -1.56. The molecule has 0 aliphatic carbocycles. The predicted molar refractivity (Wildman–Crippen MR) is 57.0 cm³/mol. The van der Waals surface area contributed by atoms with Gasteiger partial charge in [0.15, 0.2) is 6.07 Å². The average molecular weight is 208 g/mol. The van der Waals surface area contributed by atoms with Gasteiger partial charge in [0, 0.05) is 6.54 Å². The van der Waals surface area contributed by atoms with Crippen LogP contribution in [0, 0.1) is 22.8 Å². The fourth-order valence-electron chi connectivity index (χ4n) is 1.51. The maximum absolute atomic E-state index is 9.00. The largest absolute Gasteiger partial charge is 0.344 e. The summed E-state index contributed by atoms with van der Waals surface area (Å²) in [6, 6.07) is 2.18. The van der Waals surface area contributed by atoms with Crippen molar-refractivity contribution < 1.29 is 4.48 Å². The monoisotopic (exact) mass is 208 g/mol. The smallest absolute Gasteiger partial charge is 0.316 e. The number of rotatable bonds is 3. The van der Waals surface area contributed by atoms with Gasteiger partial charge in [-0.25, -0.2) is 0 Å². The zero-order chi connectivity index (χ0) is 10.6. The molecule has 5 nitrogen and oxygen atoms in total. The van der Waals surface area contributed by atoms with Crippen molar-refractivity contribution in [3.8, 4) is 12.3 Å². The first kappa shape index (κ1) is 13.4. The standard InChI is InChI=1S/C10H15N4.H3N/c1-3-4-5-13-6-7-14(2,9-12)10(13)8-11;/h6-7,10H,3-5H2,1-2H3;1H3/q+1;. The van der Waals surface area contributed by atoms with E-state index in [0.717, 1.165) is 19.4 Å². The average Bonchev–Trinajstić information content (AvgIpc) is 2.53. The maximum atomic E-state index is 9.00. The van der Waals surface area contributed by atoms with Gasteiger partial charge in [-0.15, -0.1) is 5.26 Å². The van der Waals surface area contributed by atoms with E-state index in [-0.39, 0.29) is 16.8 Å². The molecule has 1 rings (SSSR count). The molecule has 0 radical (unpaired) electrons. The Labute approximate surface area is 91.0 Å². The predicted octanol–water partition coefficient (Wildman–Crippen LogP) is 1.51. The lowest BCUT2D eigenvalue weighted by Gasteiger charge is -2.25. The van der Waals surface area contributed by atoms with Crippen LogP contribution in [0.3, 0.4) is 0 Å². The number of hydrogen-bond acceptors (Lipinski definition) is 4. The van der Waals surface area contributed by atoms with Crippen LogP contribution in [-0.2, 0) is 0 Å². The lowest BCUT2D eigenvalue weighted by Crippen LogP contribution is -2.46. The first-order valence-electron chi connectivity index (χ1n) is 4.80. The molecule has 5 heteroatoms. The number of nitrogens with zero attached hydrogens (tertiary/aromatic N) is 4. The van der Waals surface area contributed by atoms with E-state index in [4.69, 9.17) is 10.5 Å². The topological polar surface area (TPSA) is 85.8 Å². The van der Waals surface area contributed by atoms with Gasteiger partial charge >= 0.3 is 6.19 Å². The maximum Gasteiger partial charge on any atom is 0.316 e. The quantitative estimate of drug-likeness (QED) is 0.562. The van der Waals surface area contributed by atoms with E-state index in [1.54, 1.807) is 13.2 Å². The van der Waals surface area contributed by atoms with E-state index >= 15 is 0 Å². The second-order valence-corrected chi connectivity index (χ2v) is 3.64. The van der Waals surface area contributed by atoms with Crippen molar-refractivity contribution in [3.05, 3.63) is 12.4 Å². The van der Waals surface area contributed by atoms with Gasteiger partial charge in [-0.05, 0) is 6.42 Å². The second kappa shape index (κ2) is 5.35. The molecule has 3 N–H and O–H groups in total. The zero-order valence-electron chi connectivity index (χ0n) is 9.35. The molecule has 2 atom stereocenters. The van der Waals surface area contributed by atoms with E-state index < -0.39 is 0 Å². The third kappa shape index (κ3) is 2.47. The molecule has 15 heavy (non-hydrogen) atoms. The van der Waals surface area contributed by atoms with Gasteiger partial charge in [-0.1, -0.05) is 13.3 Å².